The lowest BCUT2D eigenvalue weighted by Gasteiger charge is -2.12. The molecule has 0 spiro atoms. The maximum absolute atomic E-state index is 14.6. The maximum atomic E-state index is 14.6. The van der Waals surface area contributed by atoms with Gasteiger partial charge in [-0.3, -0.25) is 0 Å². The second-order valence-electron chi connectivity index (χ2n) is 5.17. The van der Waals surface area contributed by atoms with Gasteiger partial charge in [-0.05, 0) is 26.0 Å². The van der Waals surface area contributed by atoms with Crippen molar-refractivity contribution < 1.29 is 23.5 Å². The molecule has 1 aromatic carbocycles. The minimum atomic E-state index is -0.931. The van der Waals surface area contributed by atoms with Crippen LogP contribution in [0.5, 0.6) is 11.5 Å². The molecule has 0 saturated carbocycles. The van der Waals surface area contributed by atoms with Gasteiger partial charge >= 0.3 is 5.97 Å². The summed E-state index contributed by atoms with van der Waals surface area (Å²) in [7, 11) is 2.55. The average Bonchev–Trinajstić information content (AvgIpc) is 2.59. The molecule has 1 aromatic heterocycles. The molecule has 0 aliphatic carbocycles. The Kier molecular flexibility index (Phi) is 5.93. The predicted octanol–water partition coefficient (Wildman–Crippen LogP) is 3.09. The van der Waals surface area contributed by atoms with E-state index in [1.165, 1.54) is 26.4 Å². The third kappa shape index (κ3) is 3.83. The molecule has 0 aliphatic rings. The van der Waals surface area contributed by atoms with Crippen molar-refractivity contribution in [2.45, 2.75) is 13.8 Å². The number of rotatable bonds is 5. The molecule has 2 rings (SSSR count). The van der Waals surface area contributed by atoms with E-state index < -0.39 is 11.8 Å². The van der Waals surface area contributed by atoms with Crippen molar-refractivity contribution in [2.24, 2.45) is 5.16 Å². The van der Waals surface area contributed by atoms with Crippen molar-refractivity contribution in [2.75, 3.05) is 20.0 Å². The summed E-state index contributed by atoms with van der Waals surface area (Å²) < 4.78 is 24.6. The number of ether oxygens (including phenoxy) is 2. The van der Waals surface area contributed by atoms with Crippen molar-refractivity contribution in [3.05, 3.63) is 28.7 Å². The van der Waals surface area contributed by atoms with Crippen LogP contribution in [0.3, 0.4) is 0 Å². The molecule has 0 saturated heterocycles. The van der Waals surface area contributed by atoms with Crippen molar-refractivity contribution in [1.29, 1.82) is 0 Å². The molecular weight excluding hydrogens is 367 g/mol. The van der Waals surface area contributed by atoms with E-state index in [0.29, 0.717) is 5.71 Å². The first kappa shape index (κ1) is 19.4. The molecule has 8 nitrogen and oxygen atoms in total. The van der Waals surface area contributed by atoms with E-state index in [1.54, 1.807) is 13.8 Å². The molecule has 1 heterocycles. The zero-order valence-corrected chi connectivity index (χ0v) is 15.2. The molecule has 26 heavy (non-hydrogen) atoms. The van der Waals surface area contributed by atoms with Crippen LogP contribution in [0, 0.1) is 5.82 Å². The normalized spacial score (nSPS) is 10.2. The van der Waals surface area contributed by atoms with Crippen LogP contribution >= 0.6 is 11.6 Å². The SMILES string of the molecule is COc1c(N)nc(-c2ccc(Cl)c(OC)c2F)nc1C(=O)ON=C(C)C. The van der Waals surface area contributed by atoms with Crippen LogP contribution in [0.25, 0.3) is 11.4 Å². The fourth-order valence-electron chi connectivity index (χ4n) is 2.00. The first-order valence-corrected chi connectivity index (χ1v) is 7.64. The first-order chi connectivity index (χ1) is 12.3. The zero-order chi connectivity index (χ0) is 19.4. The Morgan fingerprint density at radius 3 is 2.42 bits per heavy atom. The monoisotopic (exact) mass is 382 g/mol. The lowest BCUT2D eigenvalue weighted by atomic mass is 10.1. The quantitative estimate of drug-likeness (QED) is 0.480. The number of nitrogen functional groups attached to an aromatic ring is 1. The predicted molar refractivity (Wildman–Crippen MR) is 94.2 cm³/mol. The van der Waals surface area contributed by atoms with Gasteiger partial charge in [0.15, 0.2) is 34.7 Å². The average molecular weight is 383 g/mol. The summed E-state index contributed by atoms with van der Waals surface area (Å²) in [6.45, 7) is 3.28. The van der Waals surface area contributed by atoms with E-state index in [-0.39, 0.29) is 39.4 Å². The Morgan fingerprint density at radius 1 is 1.19 bits per heavy atom. The van der Waals surface area contributed by atoms with Gasteiger partial charge in [-0.15, -0.1) is 0 Å². The standard InChI is InChI=1S/C16H16ClFN4O4/c1-7(2)22-26-16(23)11-13(25-4)14(19)21-15(20-11)8-5-6-9(17)12(24-3)10(8)18/h5-6H,1-4H3,(H2,19,20,21). The fraction of sp³-hybridized carbons (Fsp3) is 0.250. The lowest BCUT2D eigenvalue weighted by molar-refractivity contribution is 0.0504. The van der Waals surface area contributed by atoms with Crippen LogP contribution in [0.2, 0.25) is 5.02 Å². The molecule has 2 aromatic rings. The van der Waals surface area contributed by atoms with E-state index in [0.717, 1.165) is 0 Å². The summed E-state index contributed by atoms with van der Waals surface area (Å²) in [4.78, 5) is 25.0. The van der Waals surface area contributed by atoms with Crippen LogP contribution in [0.4, 0.5) is 10.2 Å². The summed E-state index contributed by atoms with van der Waals surface area (Å²) in [6, 6.07) is 2.75. The van der Waals surface area contributed by atoms with E-state index in [2.05, 4.69) is 15.1 Å². The number of anilines is 1. The highest BCUT2D eigenvalue weighted by atomic mass is 35.5. The number of nitrogens with two attached hydrogens (primary N) is 1. The van der Waals surface area contributed by atoms with Crippen LogP contribution in [-0.4, -0.2) is 35.9 Å². The fourth-order valence-corrected chi connectivity index (χ4v) is 2.22. The number of carbonyl (C=O) groups is 1. The molecule has 0 unspecified atom stereocenters. The van der Waals surface area contributed by atoms with Gasteiger partial charge in [0.1, 0.15) is 0 Å². The number of halogens is 2. The third-order valence-electron chi connectivity index (χ3n) is 3.09. The van der Waals surface area contributed by atoms with Gasteiger partial charge in [-0.2, -0.15) is 0 Å². The van der Waals surface area contributed by atoms with Crippen molar-refractivity contribution in [3.8, 4) is 22.9 Å². The largest absolute Gasteiger partial charge is 0.492 e. The van der Waals surface area contributed by atoms with Gasteiger partial charge in [0.2, 0.25) is 0 Å². The maximum Gasteiger partial charge on any atom is 0.387 e. The number of benzene rings is 1. The topological polar surface area (TPSA) is 109 Å². The minimum Gasteiger partial charge on any atom is -0.492 e. The molecule has 0 radical (unpaired) electrons. The van der Waals surface area contributed by atoms with Crippen LogP contribution in [-0.2, 0) is 4.84 Å². The Bertz CT molecular complexity index is 885. The Hall–Kier alpha value is -2.94. The van der Waals surface area contributed by atoms with Gasteiger partial charge in [0, 0.05) is 0 Å². The second kappa shape index (κ2) is 7.96. The van der Waals surface area contributed by atoms with Crippen LogP contribution in [0.1, 0.15) is 24.3 Å². The van der Waals surface area contributed by atoms with Crippen molar-refractivity contribution >= 4 is 29.1 Å². The molecular formula is C16H16ClFN4O4. The highest BCUT2D eigenvalue weighted by molar-refractivity contribution is 6.32. The highest BCUT2D eigenvalue weighted by Crippen LogP contribution is 2.35. The summed E-state index contributed by atoms with van der Waals surface area (Å²) in [5, 5.41) is 3.64. The number of carbonyl (C=O) groups excluding carboxylic acids is 1. The van der Waals surface area contributed by atoms with Gasteiger partial charge in [-0.1, -0.05) is 16.8 Å². The number of hydrogen-bond acceptors (Lipinski definition) is 8. The second-order valence-corrected chi connectivity index (χ2v) is 5.58. The highest BCUT2D eigenvalue weighted by Gasteiger charge is 2.24. The summed E-state index contributed by atoms with van der Waals surface area (Å²) in [5.74, 6) is -2.36. The number of hydrogen-bond donors (Lipinski definition) is 1. The number of oxime groups is 1. The Morgan fingerprint density at radius 2 is 1.85 bits per heavy atom. The van der Waals surface area contributed by atoms with Gasteiger partial charge in [0.25, 0.3) is 0 Å². The summed E-state index contributed by atoms with van der Waals surface area (Å²) in [5.41, 5.74) is 5.96. The summed E-state index contributed by atoms with van der Waals surface area (Å²) in [6.07, 6.45) is 0. The van der Waals surface area contributed by atoms with Gasteiger partial charge < -0.3 is 20.0 Å². The Balaban J connectivity index is 2.62. The third-order valence-corrected chi connectivity index (χ3v) is 3.39. The van der Waals surface area contributed by atoms with E-state index in [4.69, 9.17) is 31.6 Å². The summed E-state index contributed by atoms with van der Waals surface area (Å²) >= 11 is 5.88. The zero-order valence-electron chi connectivity index (χ0n) is 14.5. The molecule has 0 atom stereocenters. The van der Waals surface area contributed by atoms with E-state index >= 15 is 0 Å². The van der Waals surface area contributed by atoms with Crippen LogP contribution in [0.15, 0.2) is 17.3 Å². The molecule has 2 N–H and O–H groups in total. The molecule has 0 aliphatic heterocycles. The van der Waals surface area contributed by atoms with Crippen molar-refractivity contribution in [3.63, 3.8) is 0 Å². The van der Waals surface area contributed by atoms with E-state index in [1.807, 2.05) is 0 Å². The van der Waals surface area contributed by atoms with Crippen molar-refractivity contribution in [1.82, 2.24) is 9.97 Å². The van der Waals surface area contributed by atoms with Gasteiger partial charge in [0.05, 0.1) is 30.5 Å². The molecule has 0 fully saturated rings. The minimum absolute atomic E-state index is 0.0650. The molecule has 138 valence electrons. The number of nitrogens with zero attached hydrogens (tertiary/aromatic N) is 3. The smallest absolute Gasteiger partial charge is 0.387 e. The Labute approximate surface area is 153 Å². The number of aromatic nitrogens is 2. The lowest BCUT2D eigenvalue weighted by Crippen LogP contribution is -2.12. The number of methoxy groups -OCH3 is 2. The van der Waals surface area contributed by atoms with Crippen LogP contribution < -0.4 is 15.2 Å². The molecule has 0 bridgehead atoms. The van der Waals surface area contributed by atoms with Gasteiger partial charge in [-0.25, -0.2) is 19.2 Å². The van der Waals surface area contributed by atoms with E-state index in [9.17, 15) is 9.18 Å². The molecule has 0 amide bonds. The first-order valence-electron chi connectivity index (χ1n) is 7.26. The molecule has 10 heteroatoms.